The van der Waals surface area contributed by atoms with Crippen LogP contribution in [0.4, 0.5) is 10.1 Å². The molecule has 4 heteroatoms. The maximum absolute atomic E-state index is 13.0. The smallest absolute Gasteiger partial charge is 0.137 e. The van der Waals surface area contributed by atoms with E-state index in [0.717, 1.165) is 17.8 Å². The lowest BCUT2D eigenvalue weighted by Crippen LogP contribution is -2.08. The second-order valence-electron chi connectivity index (χ2n) is 3.00. The van der Waals surface area contributed by atoms with Crippen LogP contribution in [0.15, 0.2) is 16.6 Å². The van der Waals surface area contributed by atoms with Crippen molar-refractivity contribution in [2.75, 3.05) is 25.6 Å². The average molecular weight is 262 g/mol. The van der Waals surface area contributed by atoms with Gasteiger partial charge in [-0.25, -0.2) is 4.39 Å². The molecule has 0 amide bonds. The summed E-state index contributed by atoms with van der Waals surface area (Å²) < 4.78 is 18.4. The van der Waals surface area contributed by atoms with Crippen LogP contribution in [0.3, 0.4) is 0 Å². The second-order valence-corrected chi connectivity index (χ2v) is 3.86. The second kappa shape index (κ2) is 5.32. The van der Waals surface area contributed by atoms with Crippen LogP contribution in [0.25, 0.3) is 0 Å². The largest absolute Gasteiger partial charge is 0.383 e. The van der Waals surface area contributed by atoms with Crippen LogP contribution >= 0.6 is 15.9 Å². The van der Waals surface area contributed by atoms with Gasteiger partial charge in [0.15, 0.2) is 0 Å². The first kappa shape index (κ1) is 11.5. The quantitative estimate of drug-likeness (QED) is 0.842. The molecule has 2 nitrogen and oxygen atoms in total. The highest BCUT2D eigenvalue weighted by Crippen LogP contribution is 2.23. The number of nitrogens with one attached hydrogen (secondary N) is 1. The van der Waals surface area contributed by atoms with E-state index in [9.17, 15) is 4.39 Å². The zero-order chi connectivity index (χ0) is 10.6. The Morgan fingerprint density at radius 1 is 1.50 bits per heavy atom. The van der Waals surface area contributed by atoms with Crippen LogP contribution in [0.2, 0.25) is 0 Å². The van der Waals surface area contributed by atoms with Crippen LogP contribution in [0.5, 0.6) is 0 Å². The fourth-order valence-electron chi connectivity index (χ4n) is 1.12. The Morgan fingerprint density at radius 2 is 2.21 bits per heavy atom. The van der Waals surface area contributed by atoms with Gasteiger partial charge in [0.1, 0.15) is 5.82 Å². The molecule has 0 aliphatic carbocycles. The minimum atomic E-state index is -0.236. The predicted molar refractivity (Wildman–Crippen MR) is 59.2 cm³/mol. The highest BCUT2D eigenvalue weighted by molar-refractivity contribution is 9.10. The number of rotatable bonds is 4. The summed E-state index contributed by atoms with van der Waals surface area (Å²) in [7, 11) is 1.65. The minimum Gasteiger partial charge on any atom is -0.383 e. The molecule has 0 spiro atoms. The molecule has 0 radical (unpaired) electrons. The number of ether oxygens (including phenoxy) is 1. The Balaban J connectivity index is 2.72. The fourth-order valence-corrected chi connectivity index (χ4v) is 1.47. The van der Waals surface area contributed by atoms with Crippen molar-refractivity contribution in [3.05, 3.63) is 28.0 Å². The molecule has 1 aromatic carbocycles. The Hall–Kier alpha value is -0.610. The van der Waals surface area contributed by atoms with E-state index in [1.54, 1.807) is 13.2 Å². The van der Waals surface area contributed by atoms with Gasteiger partial charge < -0.3 is 10.1 Å². The van der Waals surface area contributed by atoms with Crippen molar-refractivity contribution < 1.29 is 9.13 Å². The normalized spacial score (nSPS) is 10.3. The van der Waals surface area contributed by atoms with E-state index in [0.29, 0.717) is 11.1 Å². The van der Waals surface area contributed by atoms with Gasteiger partial charge in [0.2, 0.25) is 0 Å². The van der Waals surface area contributed by atoms with Crippen LogP contribution in [-0.2, 0) is 4.74 Å². The Morgan fingerprint density at radius 3 is 2.86 bits per heavy atom. The van der Waals surface area contributed by atoms with Gasteiger partial charge >= 0.3 is 0 Å². The number of halogens is 2. The van der Waals surface area contributed by atoms with Crippen LogP contribution in [-0.4, -0.2) is 20.3 Å². The molecule has 0 saturated carbocycles. The third-order valence-electron chi connectivity index (χ3n) is 1.89. The van der Waals surface area contributed by atoms with Gasteiger partial charge in [-0.05, 0) is 40.5 Å². The van der Waals surface area contributed by atoms with Crippen molar-refractivity contribution in [3.8, 4) is 0 Å². The molecule has 14 heavy (non-hydrogen) atoms. The molecule has 0 atom stereocenters. The summed E-state index contributed by atoms with van der Waals surface area (Å²) in [5, 5.41) is 3.16. The van der Waals surface area contributed by atoms with Gasteiger partial charge in [-0.15, -0.1) is 0 Å². The maximum atomic E-state index is 13.0. The summed E-state index contributed by atoms with van der Waals surface area (Å²) in [6.07, 6.45) is 0. The van der Waals surface area contributed by atoms with Crippen molar-refractivity contribution in [1.29, 1.82) is 0 Å². The average Bonchev–Trinajstić information content (AvgIpc) is 2.14. The van der Waals surface area contributed by atoms with Crippen LogP contribution < -0.4 is 5.32 Å². The molecular weight excluding hydrogens is 249 g/mol. The molecule has 0 aliphatic heterocycles. The minimum absolute atomic E-state index is 0.236. The highest BCUT2D eigenvalue weighted by atomic mass is 79.9. The number of aryl methyl sites for hydroxylation is 1. The standard InChI is InChI=1S/C10H13BrFNO/c1-7-5-9(12)8(11)6-10(7)13-3-4-14-2/h5-6,13H,3-4H2,1-2H3. The van der Waals surface area contributed by atoms with Gasteiger partial charge in [-0.2, -0.15) is 0 Å². The van der Waals surface area contributed by atoms with E-state index in [2.05, 4.69) is 21.2 Å². The molecule has 0 aromatic heterocycles. The Bertz CT molecular complexity index is 317. The number of hydrogen-bond acceptors (Lipinski definition) is 2. The molecule has 0 fully saturated rings. The lowest BCUT2D eigenvalue weighted by molar-refractivity contribution is 0.211. The maximum Gasteiger partial charge on any atom is 0.137 e. The highest BCUT2D eigenvalue weighted by Gasteiger charge is 2.04. The fraction of sp³-hybridized carbons (Fsp3) is 0.400. The van der Waals surface area contributed by atoms with E-state index in [1.807, 2.05) is 6.92 Å². The van der Waals surface area contributed by atoms with Crippen molar-refractivity contribution in [2.24, 2.45) is 0 Å². The first-order valence-corrected chi connectivity index (χ1v) is 5.13. The van der Waals surface area contributed by atoms with E-state index in [1.165, 1.54) is 6.07 Å². The van der Waals surface area contributed by atoms with Crippen molar-refractivity contribution in [2.45, 2.75) is 6.92 Å². The number of hydrogen-bond donors (Lipinski definition) is 1. The summed E-state index contributed by atoms with van der Waals surface area (Å²) in [5.74, 6) is -0.236. The number of benzene rings is 1. The van der Waals surface area contributed by atoms with E-state index < -0.39 is 0 Å². The lowest BCUT2D eigenvalue weighted by atomic mass is 10.2. The first-order chi connectivity index (χ1) is 6.65. The lowest BCUT2D eigenvalue weighted by Gasteiger charge is -2.09. The number of methoxy groups -OCH3 is 1. The summed E-state index contributed by atoms with van der Waals surface area (Å²) in [5.41, 5.74) is 1.82. The molecular formula is C10H13BrFNO. The number of anilines is 1. The zero-order valence-electron chi connectivity index (χ0n) is 8.23. The van der Waals surface area contributed by atoms with Crippen molar-refractivity contribution >= 4 is 21.6 Å². The van der Waals surface area contributed by atoms with E-state index in [-0.39, 0.29) is 5.82 Å². The topological polar surface area (TPSA) is 21.3 Å². The van der Waals surface area contributed by atoms with Gasteiger partial charge in [-0.3, -0.25) is 0 Å². The molecule has 1 rings (SSSR count). The van der Waals surface area contributed by atoms with Crippen LogP contribution in [0, 0.1) is 12.7 Å². The summed E-state index contributed by atoms with van der Waals surface area (Å²) in [6, 6.07) is 3.24. The van der Waals surface area contributed by atoms with Gasteiger partial charge in [0.05, 0.1) is 11.1 Å². The molecule has 0 aliphatic rings. The molecule has 0 unspecified atom stereocenters. The van der Waals surface area contributed by atoms with Gasteiger partial charge in [0.25, 0.3) is 0 Å². The Kier molecular flexibility index (Phi) is 4.35. The van der Waals surface area contributed by atoms with Gasteiger partial charge in [-0.1, -0.05) is 0 Å². The zero-order valence-corrected chi connectivity index (χ0v) is 9.82. The molecule has 1 N–H and O–H groups in total. The summed E-state index contributed by atoms with van der Waals surface area (Å²) in [4.78, 5) is 0. The third kappa shape index (κ3) is 2.96. The summed E-state index contributed by atoms with van der Waals surface area (Å²) >= 11 is 3.14. The molecule has 0 saturated heterocycles. The SMILES string of the molecule is COCCNc1cc(Br)c(F)cc1C. The molecule has 0 heterocycles. The van der Waals surface area contributed by atoms with E-state index >= 15 is 0 Å². The Labute approximate surface area is 91.6 Å². The van der Waals surface area contributed by atoms with Crippen molar-refractivity contribution in [3.63, 3.8) is 0 Å². The van der Waals surface area contributed by atoms with Gasteiger partial charge in [0, 0.05) is 19.3 Å². The first-order valence-electron chi connectivity index (χ1n) is 4.33. The monoisotopic (exact) mass is 261 g/mol. The third-order valence-corrected chi connectivity index (χ3v) is 2.50. The van der Waals surface area contributed by atoms with Crippen molar-refractivity contribution in [1.82, 2.24) is 0 Å². The predicted octanol–water partition coefficient (Wildman–Crippen LogP) is 2.95. The van der Waals surface area contributed by atoms with E-state index in [4.69, 9.17) is 4.74 Å². The molecule has 1 aromatic rings. The molecule has 78 valence electrons. The molecule has 0 bridgehead atoms. The summed E-state index contributed by atoms with van der Waals surface area (Å²) in [6.45, 7) is 3.22. The van der Waals surface area contributed by atoms with Crippen LogP contribution in [0.1, 0.15) is 5.56 Å².